The van der Waals surface area contributed by atoms with Crippen LogP contribution in [0.3, 0.4) is 0 Å². The zero-order chi connectivity index (χ0) is 37.9. The maximum absolute atomic E-state index is 12.3. The number of carbonyl (C=O) groups is 1. The van der Waals surface area contributed by atoms with Crippen LogP contribution in [0.25, 0.3) is 22.0 Å². The van der Waals surface area contributed by atoms with Crippen LogP contribution in [0.2, 0.25) is 0 Å². The molecule has 5 rings (SSSR count). The van der Waals surface area contributed by atoms with Gasteiger partial charge in [-0.15, -0.1) is 0 Å². The Morgan fingerprint density at radius 1 is 0.667 bits per heavy atom. The van der Waals surface area contributed by atoms with Crippen LogP contribution in [0.1, 0.15) is 44.7 Å². The molecule has 0 atom stereocenters. The van der Waals surface area contributed by atoms with Crippen LogP contribution in [0.4, 0.5) is 0 Å². The fourth-order valence-electron chi connectivity index (χ4n) is 5.52. The quantitative estimate of drug-likeness (QED) is 0.0782. The van der Waals surface area contributed by atoms with Gasteiger partial charge < -0.3 is 28.4 Å². The van der Waals surface area contributed by atoms with Crippen LogP contribution >= 0.6 is 0 Å². The molecule has 1 heterocycles. The molecule has 10 nitrogen and oxygen atoms in total. The van der Waals surface area contributed by atoms with E-state index in [4.69, 9.17) is 28.4 Å². The minimum atomic E-state index is -0.369. The SMILES string of the molecule is CC.COCCOCCOC(=O)CCC(C)(c1ccc(OC)cc1)c1ccc(OC)cc1.COc1ccc(-c2nn(C)c(=O)c3ccccc23)cc1.[Ar].[Ar]. The largest absolute Gasteiger partial charge is 0.497 e. The topological polar surface area (TPSA) is 107 Å². The molecular formula is C42H52Ar2N2O8. The third kappa shape index (κ3) is 14.1. The second-order valence-electron chi connectivity index (χ2n) is 11.7. The van der Waals surface area contributed by atoms with E-state index in [9.17, 15) is 9.59 Å². The van der Waals surface area contributed by atoms with E-state index in [0.717, 1.165) is 45.0 Å². The molecule has 0 fully saturated rings. The summed E-state index contributed by atoms with van der Waals surface area (Å²) < 4.78 is 32.7. The molecule has 0 radical (unpaired) electrons. The molecule has 0 saturated heterocycles. The molecule has 0 saturated carbocycles. The van der Waals surface area contributed by atoms with Crippen LogP contribution < -0.4 is 19.8 Å². The third-order valence-corrected chi connectivity index (χ3v) is 8.53. The summed E-state index contributed by atoms with van der Waals surface area (Å²) in [5, 5.41) is 5.93. The first-order valence-corrected chi connectivity index (χ1v) is 17.4. The number of ether oxygens (including phenoxy) is 6. The number of esters is 1. The van der Waals surface area contributed by atoms with Crippen molar-refractivity contribution in [2.45, 2.75) is 39.0 Å². The van der Waals surface area contributed by atoms with Crippen molar-refractivity contribution in [3.63, 3.8) is 0 Å². The number of benzene rings is 4. The van der Waals surface area contributed by atoms with Crippen LogP contribution in [-0.2, 0) is 31.5 Å². The van der Waals surface area contributed by atoms with Gasteiger partial charge in [-0.05, 0) is 72.1 Å². The van der Waals surface area contributed by atoms with Gasteiger partial charge >= 0.3 is 5.97 Å². The number of methoxy groups -OCH3 is 4. The number of hydrogen-bond donors (Lipinski definition) is 0. The number of rotatable bonds is 15. The van der Waals surface area contributed by atoms with Crippen molar-refractivity contribution in [3.8, 4) is 28.5 Å². The Balaban J connectivity index is 0.000000529. The molecule has 0 aliphatic heterocycles. The van der Waals surface area contributed by atoms with E-state index >= 15 is 0 Å². The first kappa shape index (κ1) is 49.3. The molecule has 0 amide bonds. The summed E-state index contributed by atoms with van der Waals surface area (Å²) in [4.78, 5) is 24.4. The third-order valence-electron chi connectivity index (χ3n) is 8.53. The van der Waals surface area contributed by atoms with Crippen molar-refractivity contribution in [2.75, 3.05) is 54.9 Å². The normalized spacial score (nSPS) is 10.3. The van der Waals surface area contributed by atoms with Gasteiger partial charge in [-0.1, -0.05) is 63.2 Å². The van der Waals surface area contributed by atoms with Gasteiger partial charge in [0, 0.05) is 112 Å². The first-order valence-electron chi connectivity index (χ1n) is 17.4. The van der Waals surface area contributed by atoms with Crippen LogP contribution in [0, 0.1) is 75.5 Å². The van der Waals surface area contributed by atoms with E-state index in [2.05, 4.69) is 12.0 Å². The smallest absolute Gasteiger partial charge is 0.305 e. The van der Waals surface area contributed by atoms with Gasteiger partial charge in [-0.25, -0.2) is 4.68 Å². The summed E-state index contributed by atoms with van der Waals surface area (Å²) in [7, 11) is 8.21. The summed E-state index contributed by atoms with van der Waals surface area (Å²) in [5.74, 6) is 2.15. The molecule has 5 aromatic rings. The molecule has 294 valence electrons. The Kier molecular flexibility index (Phi) is 24.0. The molecule has 0 aliphatic carbocycles. The molecule has 0 aliphatic rings. The van der Waals surface area contributed by atoms with Crippen LogP contribution in [-0.4, -0.2) is 70.6 Å². The van der Waals surface area contributed by atoms with E-state index in [1.807, 2.05) is 111 Å². The van der Waals surface area contributed by atoms with Crippen LogP contribution in [0.15, 0.2) is 102 Å². The average Bonchev–Trinajstić information content (AvgIpc) is 3.20. The van der Waals surface area contributed by atoms with Crippen molar-refractivity contribution in [1.82, 2.24) is 9.78 Å². The molecular weight excluding hydrogens is 740 g/mol. The van der Waals surface area contributed by atoms with Gasteiger partial charge in [0.15, 0.2) is 0 Å². The van der Waals surface area contributed by atoms with Crippen molar-refractivity contribution in [2.24, 2.45) is 7.05 Å². The molecule has 12 heteroatoms. The molecule has 0 bridgehead atoms. The maximum Gasteiger partial charge on any atom is 0.305 e. The Hall–Kier alpha value is -2.67. The number of nitrogens with zero attached hydrogens (tertiary/aromatic N) is 2. The fourth-order valence-corrected chi connectivity index (χ4v) is 5.52. The van der Waals surface area contributed by atoms with Gasteiger partial charge in [-0.2, -0.15) is 5.10 Å². The van der Waals surface area contributed by atoms with Gasteiger partial charge in [0.1, 0.15) is 23.9 Å². The van der Waals surface area contributed by atoms with Gasteiger partial charge in [0.05, 0.1) is 52.2 Å². The van der Waals surface area contributed by atoms with E-state index in [1.165, 1.54) is 4.68 Å². The van der Waals surface area contributed by atoms with Crippen molar-refractivity contribution in [3.05, 3.63) is 119 Å². The summed E-state index contributed by atoms with van der Waals surface area (Å²) in [6, 6.07) is 31.1. The molecule has 1 aromatic heterocycles. The number of aromatic nitrogens is 2. The predicted molar refractivity (Wildman–Crippen MR) is 206 cm³/mol. The molecule has 4 aromatic carbocycles. The number of fused-ring (bicyclic) bond motifs is 1. The Labute approximate surface area is 379 Å². The zero-order valence-electron chi connectivity index (χ0n) is 32.3. The minimum absolute atomic E-state index is 0. The van der Waals surface area contributed by atoms with Crippen molar-refractivity contribution in [1.29, 1.82) is 0 Å². The van der Waals surface area contributed by atoms with Gasteiger partial charge in [0.2, 0.25) is 0 Å². The van der Waals surface area contributed by atoms with E-state index in [1.54, 1.807) is 35.5 Å². The molecule has 0 unspecified atom stereocenters. The predicted octanol–water partition coefficient (Wildman–Crippen LogP) is 7.63. The van der Waals surface area contributed by atoms with E-state index in [0.29, 0.717) is 38.0 Å². The van der Waals surface area contributed by atoms with E-state index in [-0.39, 0.29) is 99.0 Å². The summed E-state index contributed by atoms with van der Waals surface area (Å²) in [6.07, 6.45) is 0.904. The fraction of sp³-hybridized carbons (Fsp3) is 0.357. The Morgan fingerprint density at radius 2 is 1.13 bits per heavy atom. The van der Waals surface area contributed by atoms with Crippen molar-refractivity contribution < 1.29 is 109 Å². The van der Waals surface area contributed by atoms with Crippen molar-refractivity contribution >= 4 is 16.7 Å². The Bertz CT molecular complexity index is 1820. The Morgan fingerprint density at radius 3 is 1.61 bits per heavy atom. The minimum Gasteiger partial charge on any atom is -0.497 e. The van der Waals surface area contributed by atoms with E-state index < -0.39 is 0 Å². The number of hydrogen-bond acceptors (Lipinski definition) is 9. The maximum atomic E-state index is 12.3. The summed E-state index contributed by atoms with van der Waals surface area (Å²) in [5.41, 5.74) is 3.50. The number of aryl methyl sites for hydroxylation is 1. The van der Waals surface area contributed by atoms with Gasteiger partial charge in [0.25, 0.3) is 5.56 Å². The standard InChI is InChI=1S/C24H32O6.C16H14N2O2.C2H6.2Ar/c1-24(19-5-9-21(27-3)10-6-19,20-7-11-22(28-4)12-8-20)14-13-23(25)30-18-17-29-16-15-26-2;1-18-16(19)14-6-4-3-5-13(14)15(17-18)11-7-9-12(20-2)10-8-11;1-2;;/h5-12H,13-18H2,1-4H3;3-10H,1-2H3;1-2H3;;. The summed E-state index contributed by atoms with van der Waals surface area (Å²) in [6.45, 7) is 7.75. The second-order valence-corrected chi connectivity index (χ2v) is 11.7. The number of carbonyl (C=O) groups excluding carboxylic acids is 1. The summed E-state index contributed by atoms with van der Waals surface area (Å²) >= 11 is 0. The monoisotopic (exact) mass is 792 g/mol. The molecule has 0 spiro atoms. The van der Waals surface area contributed by atoms with Crippen LogP contribution in [0.5, 0.6) is 17.2 Å². The average molecular weight is 793 g/mol. The second kappa shape index (κ2) is 26.2. The zero-order valence-corrected chi connectivity index (χ0v) is 33.8. The first-order chi connectivity index (χ1) is 25.2. The molecule has 54 heavy (non-hydrogen) atoms. The molecule has 0 N–H and O–H groups in total. The van der Waals surface area contributed by atoms with Gasteiger partial charge in [-0.3, -0.25) is 9.59 Å².